The fourth-order valence-corrected chi connectivity index (χ4v) is 6.44. The third-order valence-electron chi connectivity index (χ3n) is 10.0. The van der Waals surface area contributed by atoms with Crippen LogP contribution in [-0.4, -0.2) is 137 Å². The normalized spacial score (nSPS) is 17.7. The van der Waals surface area contributed by atoms with Crippen molar-refractivity contribution >= 4 is 35.4 Å². The molecule has 0 aromatic heterocycles. The highest BCUT2D eigenvalue weighted by Crippen LogP contribution is 2.30. The third-order valence-corrected chi connectivity index (χ3v) is 10.0. The molecular formula is C41H76N6O11. The number of aliphatic hydroxyl groups excluding tert-OH is 4. The zero-order chi connectivity index (χ0) is 45.3. The van der Waals surface area contributed by atoms with Gasteiger partial charge in [0.1, 0.15) is 18.1 Å². The van der Waals surface area contributed by atoms with Crippen molar-refractivity contribution in [2.75, 3.05) is 52.7 Å². The first-order valence-corrected chi connectivity index (χ1v) is 21.5. The van der Waals surface area contributed by atoms with Crippen molar-refractivity contribution in [3.63, 3.8) is 0 Å². The van der Waals surface area contributed by atoms with Gasteiger partial charge < -0.3 is 57.1 Å². The van der Waals surface area contributed by atoms with Gasteiger partial charge in [0.2, 0.25) is 39.7 Å². The molecule has 17 heteroatoms. The monoisotopic (exact) mass is 835 g/mol. The van der Waals surface area contributed by atoms with Gasteiger partial charge in [-0.05, 0) is 104 Å². The molecule has 6 amide bonds. The number of ether oxygens (including phenoxy) is 1. The van der Waals surface area contributed by atoms with Crippen molar-refractivity contribution in [1.29, 1.82) is 4.29 Å². The van der Waals surface area contributed by atoms with Gasteiger partial charge in [0.05, 0.1) is 18.8 Å². The van der Waals surface area contributed by atoms with Crippen molar-refractivity contribution < 1.29 is 53.9 Å². The van der Waals surface area contributed by atoms with Gasteiger partial charge in [-0.3, -0.25) is 28.8 Å². The summed E-state index contributed by atoms with van der Waals surface area (Å²) < 4.78 is 26.3. The molecule has 1 rings (SSSR count). The second kappa shape index (κ2) is 31.5. The number of carbonyl (C=O) groups excluding carboxylic acids is 6. The van der Waals surface area contributed by atoms with Crippen LogP contribution in [0, 0.1) is 11.8 Å². The highest BCUT2D eigenvalue weighted by atomic mass is 16.5. The zero-order valence-electron chi connectivity index (χ0n) is 38.3. The summed E-state index contributed by atoms with van der Waals surface area (Å²) in [6, 6.07) is -3.65. The maximum absolute atomic E-state index is 13.4. The molecule has 1 saturated carbocycles. The van der Waals surface area contributed by atoms with Gasteiger partial charge in [-0.15, -0.1) is 0 Å². The van der Waals surface area contributed by atoms with Crippen molar-refractivity contribution in [3.8, 4) is 0 Å². The lowest BCUT2D eigenvalue weighted by atomic mass is 9.82. The molecule has 58 heavy (non-hydrogen) atoms. The van der Waals surface area contributed by atoms with Crippen molar-refractivity contribution in [1.82, 2.24) is 31.9 Å². The molecule has 1 fully saturated rings. The van der Waals surface area contributed by atoms with E-state index in [0.29, 0.717) is 70.9 Å². The standard InChI is InChI=1S/C41H76N6O11/c1-41(2,3)58-29-30-14-16-31(17-15-30)37(54)47-34(28-51)40(57)46-33(39(56)44-24-10-13-27-50)19-21-36(53)45-32(38(55)43-23-9-5-7-12-26-49)18-20-35(52)42-22-8-4-6-11-25-48/h30-34,48-51H,4-29H2,1-3H3,(H,42,52)(H,43,55)(H,44,56)(H,45,53)(H,46,57)(H,47,54)/i48T,49T,50T. The van der Waals surface area contributed by atoms with E-state index < -0.39 is 48.4 Å². The molecule has 1 aliphatic carbocycles. The average Bonchev–Trinajstić information content (AvgIpc) is 3.23. The number of unbranched alkanes of at least 4 members (excludes halogenated alkanes) is 7. The summed E-state index contributed by atoms with van der Waals surface area (Å²) in [6.07, 6.45) is 9.47. The van der Waals surface area contributed by atoms with Crippen LogP contribution in [0.3, 0.4) is 0 Å². The largest absolute Gasteiger partial charge is 0.396 e. The SMILES string of the molecule is [3H]OCCCCCCNC(=O)CCC(NC(=O)CCC(NC(=O)C(CO)NC(=O)C1CCC(COC(C)(C)C)CC1)C(=O)NCCCCO[3H])C(=O)NCCCCCCO[3H]. The Hall–Kier alpha value is -3.38. The van der Waals surface area contributed by atoms with Crippen LogP contribution in [0.5, 0.6) is 0 Å². The molecule has 336 valence electrons. The van der Waals surface area contributed by atoms with Crippen LogP contribution < -0.4 is 31.9 Å². The van der Waals surface area contributed by atoms with Gasteiger partial charge in [-0.25, -0.2) is 0 Å². The number of nitrogens with one attached hydrogen (secondary N) is 6. The Morgan fingerprint density at radius 1 is 0.603 bits per heavy atom. The van der Waals surface area contributed by atoms with Gasteiger partial charge in [-0.1, -0.05) is 25.7 Å². The Kier molecular flexibility index (Phi) is 25.7. The Morgan fingerprint density at radius 2 is 1.09 bits per heavy atom. The predicted octanol–water partition coefficient (Wildman–Crippen LogP) is 0.842. The third kappa shape index (κ3) is 25.2. The molecule has 1 aliphatic rings. The zero-order valence-corrected chi connectivity index (χ0v) is 35.3. The van der Waals surface area contributed by atoms with Gasteiger partial charge in [0, 0.05) is 58.2 Å². The molecule has 0 spiro atoms. The van der Waals surface area contributed by atoms with Crippen LogP contribution in [0.15, 0.2) is 0 Å². The number of amides is 6. The lowest BCUT2D eigenvalue weighted by Gasteiger charge is -2.31. The van der Waals surface area contributed by atoms with Crippen LogP contribution in [0.1, 0.15) is 136 Å². The number of hydrogen-bond acceptors (Lipinski definition) is 11. The van der Waals surface area contributed by atoms with E-state index in [0.717, 1.165) is 57.8 Å². The van der Waals surface area contributed by atoms with Gasteiger partial charge in [-0.2, -0.15) is 0 Å². The molecule has 0 saturated heterocycles. The lowest BCUT2D eigenvalue weighted by molar-refractivity contribution is -0.135. The molecule has 0 radical (unpaired) electrons. The van der Waals surface area contributed by atoms with Crippen LogP contribution in [-0.2, 0) is 33.5 Å². The van der Waals surface area contributed by atoms with E-state index in [9.17, 15) is 33.9 Å². The maximum Gasteiger partial charge on any atom is 0.245 e. The second-order valence-corrected chi connectivity index (χ2v) is 16.2. The molecule has 0 aromatic rings. The Labute approximate surface area is 349 Å². The van der Waals surface area contributed by atoms with Crippen LogP contribution in [0.4, 0.5) is 0 Å². The highest BCUT2D eigenvalue weighted by Gasteiger charge is 2.32. The summed E-state index contributed by atoms with van der Waals surface area (Å²) in [5, 5.41) is 39.3. The molecule has 17 nitrogen and oxygen atoms in total. The Balaban J connectivity index is 2.92. The Bertz CT molecular complexity index is 1260. The minimum atomic E-state index is -1.35. The molecule has 0 heterocycles. The first kappa shape index (κ1) is 47.3. The summed E-state index contributed by atoms with van der Waals surface area (Å²) in [5.74, 6) is -3.15. The lowest BCUT2D eigenvalue weighted by Crippen LogP contribution is -2.56. The summed E-state index contributed by atoms with van der Waals surface area (Å²) in [7, 11) is 0. The number of rotatable bonds is 35. The second-order valence-electron chi connectivity index (χ2n) is 16.2. The molecule has 3 unspecified atom stereocenters. The first-order chi connectivity index (χ1) is 29.2. The fourth-order valence-electron chi connectivity index (χ4n) is 6.44. The minimum Gasteiger partial charge on any atom is -0.396 e. The van der Waals surface area contributed by atoms with E-state index in [-0.39, 0.29) is 62.2 Å². The van der Waals surface area contributed by atoms with E-state index in [2.05, 4.69) is 47.2 Å². The number of aliphatic hydroxyl groups is 4. The van der Waals surface area contributed by atoms with Gasteiger partial charge in [0.25, 0.3) is 0 Å². The summed E-state index contributed by atoms with van der Waals surface area (Å²) in [5.41, 5.74) is -0.259. The summed E-state index contributed by atoms with van der Waals surface area (Å²) >= 11 is 0. The maximum atomic E-state index is 13.4. The quantitative estimate of drug-likeness (QED) is 0.0400. The summed E-state index contributed by atoms with van der Waals surface area (Å²) in [6.45, 7) is 7.68. The van der Waals surface area contributed by atoms with E-state index in [4.69, 9.17) is 9.03 Å². The van der Waals surface area contributed by atoms with Crippen LogP contribution in [0.25, 0.3) is 0 Å². The molecule has 0 aromatic carbocycles. The van der Waals surface area contributed by atoms with Gasteiger partial charge in [0.15, 0.2) is 0 Å². The molecule has 3 atom stereocenters. The predicted molar refractivity (Wildman–Crippen MR) is 219 cm³/mol. The van der Waals surface area contributed by atoms with E-state index in [1.807, 2.05) is 20.8 Å². The number of carbonyl (C=O) groups is 6. The topological polar surface area (TPSA) is 265 Å². The van der Waals surface area contributed by atoms with E-state index in [1.165, 1.54) is 0 Å². The minimum absolute atomic E-state index is 0.0119. The molecular weight excluding hydrogens is 752 g/mol. The van der Waals surface area contributed by atoms with Crippen LogP contribution >= 0.6 is 0 Å². The highest BCUT2D eigenvalue weighted by molar-refractivity contribution is 5.93. The first-order valence-electron chi connectivity index (χ1n) is 22.7. The van der Waals surface area contributed by atoms with Crippen molar-refractivity contribution in [2.45, 2.75) is 160 Å². The van der Waals surface area contributed by atoms with Crippen molar-refractivity contribution in [2.24, 2.45) is 11.8 Å². The smallest absolute Gasteiger partial charge is 0.245 e. The Morgan fingerprint density at radius 3 is 1.62 bits per heavy atom. The van der Waals surface area contributed by atoms with Gasteiger partial charge >= 0.3 is 0 Å². The molecule has 10 N–H and O–H groups in total. The molecule has 0 aliphatic heterocycles. The number of hydrogen-bond donors (Lipinski definition) is 10. The van der Waals surface area contributed by atoms with Crippen molar-refractivity contribution in [3.05, 3.63) is 0 Å². The van der Waals surface area contributed by atoms with E-state index >= 15 is 0 Å². The molecule has 0 bridgehead atoms. The fraction of sp³-hybridized carbons (Fsp3) is 0.854. The van der Waals surface area contributed by atoms with E-state index in [1.54, 1.807) is 0 Å². The summed E-state index contributed by atoms with van der Waals surface area (Å²) in [4.78, 5) is 79.2. The average molecular weight is 835 g/mol. The van der Waals surface area contributed by atoms with Crippen LogP contribution in [0.2, 0.25) is 0 Å².